The van der Waals surface area contributed by atoms with E-state index in [1.54, 1.807) is 18.9 Å². The highest BCUT2D eigenvalue weighted by molar-refractivity contribution is 5.65. The first-order chi connectivity index (χ1) is 11.7. The molecular weight excluding hydrogens is 336 g/mol. The van der Waals surface area contributed by atoms with Crippen LogP contribution in [-0.4, -0.2) is 24.8 Å². The smallest absolute Gasteiger partial charge is 0.420 e. The van der Waals surface area contributed by atoms with Crippen molar-refractivity contribution < 1.29 is 22.3 Å². The van der Waals surface area contributed by atoms with E-state index in [-0.39, 0.29) is 11.4 Å². The van der Waals surface area contributed by atoms with Gasteiger partial charge in [0.2, 0.25) is 0 Å². The van der Waals surface area contributed by atoms with Crippen LogP contribution in [0.25, 0.3) is 0 Å². The first-order valence-electron chi connectivity index (χ1n) is 7.61. The molecular formula is C18H18F4N2O. The van der Waals surface area contributed by atoms with E-state index in [4.69, 9.17) is 4.74 Å². The predicted molar refractivity (Wildman–Crippen MR) is 89.1 cm³/mol. The number of rotatable bonds is 5. The minimum absolute atomic E-state index is 0.175. The molecule has 0 saturated heterocycles. The van der Waals surface area contributed by atoms with Crippen molar-refractivity contribution in [2.45, 2.75) is 20.0 Å². The molecule has 2 aromatic rings. The second-order valence-corrected chi connectivity index (χ2v) is 5.48. The average Bonchev–Trinajstić information content (AvgIpc) is 2.54. The number of alkyl halides is 3. The monoisotopic (exact) mass is 354 g/mol. The first-order valence-corrected chi connectivity index (χ1v) is 7.61. The molecule has 7 heteroatoms. The number of hydrogen-bond acceptors (Lipinski definition) is 2. The fourth-order valence-corrected chi connectivity index (χ4v) is 2.00. The third kappa shape index (κ3) is 4.71. The van der Waals surface area contributed by atoms with E-state index in [1.165, 1.54) is 30.6 Å². The van der Waals surface area contributed by atoms with Crippen molar-refractivity contribution in [3.63, 3.8) is 0 Å². The molecule has 0 fully saturated rings. The van der Waals surface area contributed by atoms with Gasteiger partial charge in [0.1, 0.15) is 11.3 Å². The molecule has 0 aliphatic carbocycles. The molecule has 0 unspecified atom stereocenters. The van der Waals surface area contributed by atoms with Gasteiger partial charge >= 0.3 is 6.18 Å². The summed E-state index contributed by atoms with van der Waals surface area (Å²) in [6, 6.07) is 7.43. The van der Waals surface area contributed by atoms with Gasteiger partial charge in [-0.1, -0.05) is 12.1 Å². The Bertz CT molecular complexity index is 772. The second-order valence-electron chi connectivity index (χ2n) is 5.48. The maximum absolute atomic E-state index is 13.7. The molecule has 0 aromatic heterocycles. The average molecular weight is 354 g/mol. The van der Waals surface area contributed by atoms with Crippen LogP contribution in [0.15, 0.2) is 41.4 Å². The lowest BCUT2D eigenvalue weighted by Gasteiger charge is -2.16. The number of ether oxygens (including phenoxy) is 1. The van der Waals surface area contributed by atoms with Crippen LogP contribution in [0.5, 0.6) is 11.5 Å². The summed E-state index contributed by atoms with van der Waals surface area (Å²) < 4.78 is 59.1. The minimum atomic E-state index is -4.66. The third-order valence-corrected chi connectivity index (χ3v) is 3.55. The van der Waals surface area contributed by atoms with Crippen molar-refractivity contribution in [2.24, 2.45) is 4.99 Å². The number of hydrogen-bond donors (Lipinski definition) is 0. The highest BCUT2D eigenvalue weighted by atomic mass is 19.4. The molecule has 0 heterocycles. The Labute approximate surface area is 143 Å². The van der Waals surface area contributed by atoms with Gasteiger partial charge in [-0.15, -0.1) is 0 Å². The number of halogens is 4. The van der Waals surface area contributed by atoms with E-state index < -0.39 is 23.3 Å². The number of para-hydroxylation sites is 1. The van der Waals surface area contributed by atoms with Crippen LogP contribution in [0, 0.1) is 12.7 Å². The largest absolute Gasteiger partial charge is 0.454 e. The van der Waals surface area contributed by atoms with Crippen LogP contribution in [-0.2, 0) is 6.18 Å². The van der Waals surface area contributed by atoms with E-state index >= 15 is 0 Å². The molecule has 0 spiro atoms. The molecule has 0 saturated carbocycles. The van der Waals surface area contributed by atoms with Crippen LogP contribution in [0.1, 0.15) is 18.1 Å². The zero-order valence-electron chi connectivity index (χ0n) is 14.1. The Hall–Kier alpha value is -2.57. The van der Waals surface area contributed by atoms with Crippen molar-refractivity contribution >= 4 is 12.0 Å². The molecule has 2 aromatic carbocycles. The van der Waals surface area contributed by atoms with Crippen molar-refractivity contribution in [1.29, 1.82) is 0 Å². The van der Waals surface area contributed by atoms with Crippen LogP contribution in [0.4, 0.5) is 23.2 Å². The Morgan fingerprint density at radius 1 is 1.16 bits per heavy atom. The lowest BCUT2D eigenvalue weighted by Crippen LogP contribution is -2.14. The SMILES string of the molecule is CCN(C)C=Nc1cc(C(F)(F)F)c(Oc2ccccc2F)cc1C. The molecule has 2 rings (SSSR count). The van der Waals surface area contributed by atoms with Gasteiger partial charge in [0, 0.05) is 13.6 Å². The quantitative estimate of drug-likeness (QED) is 0.399. The molecule has 0 amide bonds. The van der Waals surface area contributed by atoms with Gasteiger partial charge in [-0.2, -0.15) is 13.2 Å². The van der Waals surface area contributed by atoms with E-state index in [2.05, 4.69) is 4.99 Å². The molecule has 25 heavy (non-hydrogen) atoms. The van der Waals surface area contributed by atoms with Crippen molar-refractivity contribution in [3.8, 4) is 11.5 Å². The predicted octanol–water partition coefficient (Wildman–Crippen LogP) is 5.56. The van der Waals surface area contributed by atoms with Gasteiger partial charge in [0.05, 0.1) is 12.0 Å². The third-order valence-electron chi connectivity index (χ3n) is 3.55. The van der Waals surface area contributed by atoms with E-state index in [9.17, 15) is 17.6 Å². The fraction of sp³-hybridized carbons (Fsp3) is 0.278. The number of nitrogens with zero attached hydrogens (tertiary/aromatic N) is 2. The summed E-state index contributed by atoms with van der Waals surface area (Å²) in [5.74, 6) is -1.47. The summed E-state index contributed by atoms with van der Waals surface area (Å²) >= 11 is 0. The Balaban J connectivity index is 2.48. The second kappa shape index (κ2) is 7.55. The molecule has 3 nitrogen and oxygen atoms in total. The highest BCUT2D eigenvalue weighted by Gasteiger charge is 2.35. The summed E-state index contributed by atoms with van der Waals surface area (Å²) in [6.07, 6.45) is -3.20. The van der Waals surface area contributed by atoms with Gasteiger partial charge < -0.3 is 9.64 Å². The lowest BCUT2D eigenvalue weighted by atomic mass is 10.1. The van der Waals surface area contributed by atoms with Crippen LogP contribution in [0.2, 0.25) is 0 Å². The summed E-state index contributed by atoms with van der Waals surface area (Å²) in [6.45, 7) is 4.18. The Morgan fingerprint density at radius 2 is 1.84 bits per heavy atom. The molecule has 0 bridgehead atoms. The maximum atomic E-state index is 13.7. The van der Waals surface area contributed by atoms with Gasteiger partial charge in [-0.05, 0) is 43.7 Å². The molecule has 0 atom stereocenters. The van der Waals surface area contributed by atoms with Crippen molar-refractivity contribution in [3.05, 3.63) is 53.3 Å². The normalized spacial score (nSPS) is 11.8. The van der Waals surface area contributed by atoms with Gasteiger partial charge in [-0.25, -0.2) is 9.38 Å². The molecule has 0 N–H and O–H groups in total. The summed E-state index contributed by atoms with van der Waals surface area (Å²) in [5, 5.41) is 0. The molecule has 134 valence electrons. The summed E-state index contributed by atoms with van der Waals surface area (Å²) in [7, 11) is 1.76. The topological polar surface area (TPSA) is 24.8 Å². The van der Waals surface area contributed by atoms with E-state index in [0.29, 0.717) is 12.1 Å². The standard InChI is InChI=1S/C18H18F4N2O/c1-4-24(3)11-23-15-10-13(18(20,21)22)17(9-12(15)2)25-16-8-6-5-7-14(16)19/h5-11H,4H2,1-3H3. The number of aliphatic imine (C=N–C) groups is 1. The maximum Gasteiger partial charge on any atom is 0.420 e. The first kappa shape index (κ1) is 18.8. The minimum Gasteiger partial charge on any atom is -0.454 e. The van der Waals surface area contributed by atoms with Crippen LogP contribution < -0.4 is 4.74 Å². The highest BCUT2D eigenvalue weighted by Crippen LogP contribution is 2.42. The summed E-state index contributed by atoms with van der Waals surface area (Å²) in [5.41, 5.74) is -0.346. The van der Waals surface area contributed by atoms with Gasteiger partial charge in [0.15, 0.2) is 11.6 Å². The number of aryl methyl sites for hydroxylation is 1. The number of benzene rings is 2. The van der Waals surface area contributed by atoms with Gasteiger partial charge in [-0.3, -0.25) is 0 Å². The molecule has 0 radical (unpaired) electrons. The zero-order chi connectivity index (χ0) is 18.6. The van der Waals surface area contributed by atoms with E-state index in [1.807, 2.05) is 6.92 Å². The Kier molecular flexibility index (Phi) is 5.66. The van der Waals surface area contributed by atoms with E-state index in [0.717, 1.165) is 12.1 Å². The van der Waals surface area contributed by atoms with Crippen molar-refractivity contribution in [2.75, 3.05) is 13.6 Å². The fourth-order valence-electron chi connectivity index (χ4n) is 2.00. The molecule has 0 aliphatic heterocycles. The van der Waals surface area contributed by atoms with Crippen LogP contribution in [0.3, 0.4) is 0 Å². The van der Waals surface area contributed by atoms with Gasteiger partial charge in [0.25, 0.3) is 0 Å². The summed E-state index contributed by atoms with van der Waals surface area (Å²) in [4.78, 5) is 5.82. The van der Waals surface area contributed by atoms with Crippen LogP contribution >= 0.6 is 0 Å². The zero-order valence-corrected chi connectivity index (χ0v) is 14.1. The van der Waals surface area contributed by atoms with Crippen molar-refractivity contribution in [1.82, 2.24) is 4.90 Å². The Morgan fingerprint density at radius 3 is 2.44 bits per heavy atom. The molecule has 0 aliphatic rings. The lowest BCUT2D eigenvalue weighted by molar-refractivity contribution is -0.138.